The maximum atomic E-state index is 11.9. The van der Waals surface area contributed by atoms with Crippen LogP contribution in [-0.2, 0) is 4.74 Å². The van der Waals surface area contributed by atoms with Crippen molar-refractivity contribution in [3.63, 3.8) is 0 Å². The van der Waals surface area contributed by atoms with Crippen molar-refractivity contribution >= 4 is 33.9 Å². The van der Waals surface area contributed by atoms with Crippen LogP contribution in [-0.4, -0.2) is 22.0 Å². The van der Waals surface area contributed by atoms with Gasteiger partial charge in [0.1, 0.15) is 4.88 Å². The van der Waals surface area contributed by atoms with Crippen LogP contribution in [0.1, 0.15) is 22.3 Å². The molecule has 3 aromatic rings. The zero-order valence-electron chi connectivity index (χ0n) is 11.6. The maximum Gasteiger partial charge on any atom is 0.350 e. The van der Waals surface area contributed by atoms with Crippen molar-refractivity contribution in [1.29, 1.82) is 0 Å². The van der Waals surface area contributed by atoms with E-state index in [1.165, 1.54) is 11.3 Å². The lowest BCUT2D eigenvalue weighted by atomic mass is 10.2. The molecule has 0 unspecified atom stereocenters. The summed E-state index contributed by atoms with van der Waals surface area (Å²) in [5, 5.41) is 0.674. The van der Waals surface area contributed by atoms with Gasteiger partial charge in [-0.15, -0.1) is 0 Å². The molecule has 2 heterocycles. The van der Waals surface area contributed by atoms with E-state index < -0.39 is 0 Å². The summed E-state index contributed by atoms with van der Waals surface area (Å²) in [5.74, 6) is -0.296. The predicted molar refractivity (Wildman–Crippen MR) is 84.2 cm³/mol. The minimum Gasteiger partial charge on any atom is -0.462 e. The number of halogens is 1. The molecule has 0 N–H and O–H groups in total. The standard InChI is InChI=1S/C15H13ClN2O2S/c1-3-20-14(19)13-9(2)18-8-12(17-15(18)21-13)10-5-4-6-11(16)7-10/h4-8H,3H2,1-2H3. The number of carbonyl (C=O) groups excluding carboxylic acids is 1. The highest BCUT2D eigenvalue weighted by atomic mass is 35.5. The number of nitrogens with zero attached hydrogens (tertiary/aromatic N) is 2. The first-order valence-corrected chi connectivity index (χ1v) is 7.71. The average molecular weight is 321 g/mol. The number of esters is 1. The van der Waals surface area contributed by atoms with Crippen LogP contribution in [0.3, 0.4) is 0 Å². The molecule has 2 aromatic heterocycles. The quantitative estimate of drug-likeness (QED) is 0.679. The van der Waals surface area contributed by atoms with Crippen LogP contribution in [0.4, 0.5) is 0 Å². The van der Waals surface area contributed by atoms with Gasteiger partial charge >= 0.3 is 5.97 Å². The number of carbonyl (C=O) groups is 1. The van der Waals surface area contributed by atoms with E-state index in [9.17, 15) is 4.79 Å². The van der Waals surface area contributed by atoms with E-state index in [1.807, 2.05) is 41.8 Å². The smallest absolute Gasteiger partial charge is 0.350 e. The van der Waals surface area contributed by atoms with E-state index in [0.717, 1.165) is 21.9 Å². The van der Waals surface area contributed by atoms with E-state index >= 15 is 0 Å². The summed E-state index contributed by atoms with van der Waals surface area (Å²) in [6, 6.07) is 7.55. The molecule has 0 spiro atoms. The first-order valence-electron chi connectivity index (χ1n) is 6.51. The molecule has 0 bridgehead atoms. The molecule has 0 saturated carbocycles. The van der Waals surface area contributed by atoms with Crippen LogP contribution in [0, 0.1) is 6.92 Å². The Morgan fingerprint density at radius 2 is 2.29 bits per heavy atom. The Morgan fingerprint density at radius 1 is 1.48 bits per heavy atom. The molecule has 0 aliphatic heterocycles. The number of hydrogen-bond acceptors (Lipinski definition) is 4. The second-order valence-corrected chi connectivity index (χ2v) is 5.94. The number of aromatic nitrogens is 2. The number of hydrogen-bond donors (Lipinski definition) is 0. The number of thiazole rings is 1. The molecule has 0 aliphatic carbocycles. The summed E-state index contributed by atoms with van der Waals surface area (Å²) in [6.07, 6.45) is 1.91. The molecular weight excluding hydrogens is 308 g/mol. The van der Waals surface area contributed by atoms with Gasteiger partial charge in [0.25, 0.3) is 0 Å². The van der Waals surface area contributed by atoms with E-state index in [0.29, 0.717) is 16.5 Å². The van der Waals surface area contributed by atoms with Crippen molar-refractivity contribution in [3.8, 4) is 11.3 Å². The Hall–Kier alpha value is -1.85. The third-order valence-corrected chi connectivity index (χ3v) is 4.51. The minimum absolute atomic E-state index is 0.296. The Balaban J connectivity index is 2.05. The van der Waals surface area contributed by atoms with Gasteiger partial charge < -0.3 is 4.74 Å². The SMILES string of the molecule is CCOC(=O)c1sc2nc(-c3cccc(Cl)c3)cn2c1C. The molecule has 0 atom stereocenters. The highest BCUT2D eigenvalue weighted by molar-refractivity contribution is 7.19. The molecule has 21 heavy (non-hydrogen) atoms. The largest absolute Gasteiger partial charge is 0.462 e. The Labute approximate surface area is 131 Å². The number of rotatable bonds is 3. The zero-order chi connectivity index (χ0) is 15.0. The van der Waals surface area contributed by atoms with Gasteiger partial charge in [-0.05, 0) is 26.0 Å². The maximum absolute atomic E-state index is 11.9. The van der Waals surface area contributed by atoms with Crippen molar-refractivity contribution in [2.45, 2.75) is 13.8 Å². The highest BCUT2D eigenvalue weighted by Crippen LogP contribution is 2.28. The van der Waals surface area contributed by atoms with E-state index in [-0.39, 0.29) is 5.97 Å². The van der Waals surface area contributed by atoms with Gasteiger partial charge in [-0.1, -0.05) is 35.1 Å². The minimum atomic E-state index is -0.296. The fourth-order valence-electron chi connectivity index (χ4n) is 2.12. The Kier molecular flexibility index (Phi) is 3.69. The lowest BCUT2D eigenvalue weighted by molar-refractivity contribution is 0.0531. The first-order chi connectivity index (χ1) is 10.1. The van der Waals surface area contributed by atoms with Crippen LogP contribution < -0.4 is 0 Å². The molecule has 0 aliphatic rings. The van der Waals surface area contributed by atoms with Crippen LogP contribution in [0.15, 0.2) is 30.5 Å². The average Bonchev–Trinajstić information content (AvgIpc) is 2.99. The molecule has 4 nitrogen and oxygen atoms in total. The van der Waals surface area contributed by atoms with Crippen molar-refractivity contribution < 1.29 is 9.53 Å². The zero-order valence-corrected chi connectivity index (χ0v) is 13.2. The predicted octanol–water partition coefficient (Wildman–Crippen LogP) is 4.20. The second kappa shape index (κ2) is 5.50. The molecule has 6 heteroatoms. The normalized spacial score (nSPS) is 11.0. The topological polar surface area (TPSA) is 43.6 Å². The lowest BCUT2D eigenvalue weighted by Gasteiger charge is -2.00. The van der Waals surface area contributed by atoms with E-state index in [4.69, 9.17) is 16.3 Å². The summed E-state index contributed by atoms with van der Waals surface area (Å²) in [4.78, 5) is 17.8. The van der Waals surface area contributed by atoms with Crippen molar-refractivity contribution in [2.75, 3.05) is 6.61 Å². The van der Waals surface area contributed by atoms with Crippen LogP contribution >= 0.6 is 22.9 Å². The van der Waals surface area contributed by atoms with Gasteiger partial charge in [0.05, 0.1) is 12.3 Å². The molecule has 108 valence electrons. The van der Waals surface area contributed by atoms with Crippen molar-refractivity contribution in [1.82, 2.24) is 9.38 Å². The van der Waals surface area contributed by atoms with Crippen LogP contribution in [0.5, 0.6) is 0 Å². The molecule has 0 amide bonds. The summed E-state index contributed by atoms with van der Waals surface area (Å²) in [7, 11) is 0. The third kappa shape index (κ3) is 2.54. The monoisotopic (exact) mass is 320 g/mol. The summed E-state index contributed by atoms with van der Waals surface area (Å²) >= 11 is 7.34. The summed E-state index contributed by atoms with van der Waals surface area (Å²) < 4.78 is 6.96. The third-order valence-electron chi connectivity index (χ3n) is 3.14. The second-order valence-electron chi connectivity index (χ2n) is 4.53. The van der Waals surface area contributed by atoms with Crippen LogP contribution in [0.25, 0.3) is 16.2 Å². The number of benzene rings is 1. The van der Waals surface area contributed by atoms with Gasteiger partial charge in [0.2, 0.25) is 0 Å². The fraction of sp³-hybridized carbons (Fsp3) is 0.200. The molecular formula is C15H13ClN2O2S. The van der Waals surface area contributed by atoms with Gasteiger partial charge in [-0.2, -0.15) is 0 Å². The Morgan fingerprint density at radius 3 is 2.95 bits per heavy atom. The van der Waals surface area contributed by atoms with Gasteiger partial charge in [0.15, 0.2) is 4.96 Å². The number of fused-ring (bicyclic) bond motifs is 1. The van der Waals surface area contributed by atoms with Crippen LogP contribution in [0.2, 0.25) is 5.02 Å². The van der Waals surface area contributed by atoms with Gasteiger partial charge in [-0.25, -0.2) is 9.78 Å². The number of aryl methyl sites for hydroxylation is 1. The summed E-state index contributed by atoms with van der Waals surface area (Å²) in [6.45, 7) is 4.05. The fourth-order valence-corrected chi connectivity index (χ4v) is 3.32. The van der Waals surface area contributed by atoms with E-state index in [2.05, 4.69) is 4.98 Å². The molecule has 3 rings (SSSR count). The number of ether oxygens (including phenoxy) is 1. The summed E-state index contributed by atoms with van der Waals surface area (Å²) in [5.41, 5.74) is 2.63. The molecule has 0 fully saturated rings. The first kappa shape index (κ1) is 14.1. The lowest BCUT2D eigenvalue weighted by Crippen LogP contribution is -2.04. The highest BCUT2D eigenvalue weighted by Gasteiger charge is 2.18. The Bertz CT molecular complexity index is 822. The number of imidazole rings is 1. The van der Waals surface area contributed by atoms with Gasteiger partial charge in [-0.3, -0.25) is 4.40 Å². The molecule has 0 saturated heterocycles. The van der Waals surface area contributed by atoms with Crippen molar-refractivity contribution in [2.24, 2.45) is 0 Å². The molecule has 1 aromatic carbocycles. The van der Waals surface area contributed by atoms with E-state index in [1.54, 1.807) is 6.92 Å². The van der Waals surface area contributed by atoms with Gasteiger partial charge in [0, 0.05) is 22.5 Å². The van der Waals surface area contributed by atoms with Crippen molar-refractivity contribution in [3.05, 3.63) is 46.1 Å². The molecule has 0 radical (unpaired) electrons.